The van der Waals surface area contributed by atoms with Crippen molar-refractivity contribution in [1.29, 1.82) is 0 Å². The fourth-order valence-corrected chi connectivity index (χ4v) is 3.15. The highest BCUT2D eigenvalue weighted by atomic mass is 15.3. The van der Waals surface area contributed by atoms with E-state index < -0.39 is 0 Å². The number of nitrogens with two attached hydrogens (primary N) is 1. The van der Waals surface area contributed by atoms with Crippen molar-refractivity contribution in [3.05, 3.63) is 18.0 Å². The van der Waals surface area contributed by atoms with Crippen LogP contribution in [0.25, 0.3) is 0 Å². The maximum atomic E-state index is 6.00. The first-order chi connectivity index (χ1) is 8.12. The van der Waals surface area contributed by atoms with E-state index >= 15 is 0 Å². The Morgan fingerprint density at radius 1 is 1.41 bits per heavy atom. The van der Waals surface area contributed by atoms with Gasteiger partial charge in [-0.15, -0.1) is 0 Å². The van der Waals surface area contributed by atoms with Crippen LogP contribution in [-0.2, 0) is 6.54 Å². The van der Waals surface area contributed by atoms with Crippen LogP contribution in [0.4, 0.5) is 0 Å². The SMILES string of the molecule is CC1(N)CN(Cc2ccn(C3CCCC3)n2)C1. The standard InChI is InChI=1S/C13H22N4/c1-13(14)9-16(10-13)8-11-6-7-17(15-11)12-4-2-3-5-12/h6-7,12H,2-5,8-10,14H2,1H3. The Hall–Kier alpha value is -0.870. The second kappa shape index (κ2) is 4.10. The highest BCUT2D eigenvalue weighted by Gasteiger charge is 2.34. The van der Waals surface area contributed by atoms with Gasteiger partial charge in [-0.1, -0.05) is 12.8 Å². The van der Waals surface area contributed by atoms with E-state index in [2.05, 4.69) is 28.8 Å². The Bertz CT molecular complexity index is 382. The summed E-state index contributed by atoms with van der Waals surface area (Å²) in [6.45, 7) is 5.04. The molecule has 0 spiro atoms. The lowest BCUT2D eigenvalue weighted by Crippen LogP contribution is -2.64. The van der Waals surface area contributed by atoms with Crippen LogP contribution < -0.4 is 5.73 Å². The number of rotatable bonds is 3. The molecular formula is C13H22N4. The summed E-state index contributed by atoms with van der Waals surface area (Å²) in [7, 11) is 0. The van der Waals surface area contributed by atoms with Crippen molar-refractivity contribution < 1.29 is 0 Å². The zero-order chi connectivity index (χ0) is 11.9. The molecule has 1 aromatic heterocycles. The molecule has 0 aromatic carbocycles. The third-order valence-electron chi connectivity index (χ3n) is 3.92. The first-order valence-corrected chi connectivity index (χ1v) is 6.68. The lowest BCUT2D eigenvalue weighted by atomic mass is 9.94. The summed E-state index contributed by atoms with van der Waals surface area (Å²) in [6, 6.07) is 2.81. The smallest absolute Gasteiger partial charge is 0.0764 e. The van der Waals surface area contributed by atoms with E-state index in [0.29, 0.717) is 6.04 Å². The summed E-state index contributed by atoms with van der Waals surface area (Å²) in [5.74, 6) is 0. The normalized spacial score (nSPS) is 25.1. The average molecular weight is 234 g/mol. The van der Waals surface area contributed by atoms with Gasteiger partial charge in [0.15, 0.2) is 0 Å². The van der Waals surface area contributed by atoms with E-state index in [1.165, 1.54) is 31.4 Å². The molecule has 4 nitrogen and oxygen atoms in total. The molecule has 4 heteroatoms. The molecule has 0 amide bonds. The second-order valence-corrected chi connectivity index (χ2v) is 6.02. The molecule has 2 aliphatic rings. The van der Waals surface area contributed by atoms with E-state index in [4.69, 9.17) is 10.8 Å². The molecule has 1 saturated carbocycles. The lowest BCUT2D eigenvalue weighted by Gasteiger charge is -2.45. The third-order valence-corrected chi connectivity index (χ3v) is 3.92. The van der Waals surface area contributed by atoms with Crippen molar-refractivity contribution in [2.45, 2.75) is 50.7 Å². The molecule has 2 N–H and O–H groups in total. The molecule has 1 saturated heterocycles. The summed E-state index contributed by atoms with van der Waals surface area (Å²) in [4.78, 5) is 2.36. The molecule has 0 bridgehead atoms. The van der Waals surface area contributed by atoms with Crippen LogP contribution in [0.5, 0.6) is 0 Å². The van der Waals surface area contributed by atoms with Crippen LogP contribution >= 0.6 is 0 Å². The van der Waals surface area contributed by atoms with Crippen LogP contribution in [0.2, 0.25) is 0 Å². The Kier molecular flexibility index (Phi) is 2.71. The van der Waals surface area contributed by atoms with Crippen LogP contribution in [0.15, 0.2) is 12.3 Å². The second-order valence-electron chi connectivity index (χ2n) is 6.02. The molecule has 2 fully saturated rings. The van der Waals surface area contributed by atoms with Gasteiger partial charge in [0.2, 0.25) is 0 Å². The Morgan fingerprint density at radius 2 is 2.12 bits per heavy atom. The molecule has 0 atom stereocenters. The summed E-state index contributed by atoms with van der Waals surface area (Å²) < 4.78 is 2.17. The van der Waals surface area contributed by atoms with Gasteiger partial charge in [0.05, 0.1) is 11.7 Å². The summed E-state index contributed by atoms with van der Waals surface area (Å²) in [5.41, 5.74) is 7.21. The van der Waals surface area contributed by atoms with Gasteiger partial charge in [-0.05, 0) is 25.8 Å². The number of likely N-dealkylation sites (tertiary alicyclic amines) is 1. The fourth-order valence-electron chi connectivity index (χ4n) is 3.15. The zero-order valence-corrected chi connectivity index (χ0v) is 10.6. The van der Waals surface area contributed by atoms with Gasteiger partial charge in [-0.25, -0.2) is 0 Å². The molecular weight excluding hydrogens is 212 g/mol. The quantitative estimate of drug-likeness (QED) is 0.863. The predicted molar refractivity (Wildman–Crippen MR) is 67.6 cm³/mol. The summed E-state index contributed by atoms with van der Waals surface area (Å²) in [5, 5.41) is 4.70. The maximum absolute atomic E-state index is 6.00. The van der Waals surface area contributed by atoms with E-state index in [1.54, 1.807) is 0 Å². The van der Waals surface area contributed by atoms with Gasteiger partial charge in [-0.3, -0.25) is 9.58 Å². The number of aromatic nitrogens is 2. The largest absolute Gasteiger partial charge is 0.323 e. The minimum atomic E-state index is 0.0218. The van der Waals surface area contributed by atoms with Gasteiger partial charge in [0.1, 0.15) is 0 Å². The van der Waals surface area contributed by atoms with Crippen molar-refractivity contribution in [3.63, 3.8) is 0 Å². The first kappa shape index (κ1) is 11.2. The highest BCUT2D eigenvalue weighted by molar-refractivity contribution is 5.04. The van der Waals surface area contributed by atoms with E-state index in [1.807, 2.05) is 0 Å². The molecule has 1 aliphatic heterocycles. The third kappa shape index (κ3) is 2.38. The van der Waals surface area contributed by atoms with Crippen LogP contribution in [-0.4, -0.2) is 33.3 Å². The van der Waals surface area contributed by atoms with Gasteiger partial charge in [-0.2, -0.15) is 5.10 Å². The Labute approximate surface area is 103 Å². The Morgan fingerprint density at radius 3 is 2.76 bits per heavy atom. The van der Waals surface area contributed by atoms with Gasteiger partial charge in [0, 0.05) is 31.4 Å². The fraction of sp³-hybridized carbons (Fsp3) is 0.769. The number of hydrogen-bond acceptors (Lipinski definition) is 3. The molecule has 1 aliphatic carbocycles. The van der Waals surface area contributed by atoms with Crippen molar-refractivity contribution >= 4 is 0 Å². The molecule has 2 heterocycles. The Balaban J connectivity index is 1.57. The predicted octanol–water partition coefficient (Wildman–Crippen LogP) is 1.53. The minimum absolute atomic E-state index is 0.0218. The van der Waals surface area contributed by atoms with Crippen molar-refractivity contribution in [2.24, 2.45) is 5.73 Å². The molecule has 0 radical (unpaired) electrons. The van der Waals surface area contributed by atoms with Gasteiger partial charge in [0.25, 0.3) is 0 Å². The number of nitrogens with zero attached hydrogens (tertiary/aromatic N) is 3. The molecule has 1 aromatic rings. The first-order valence-electron chi connectivity index (χ1n) is 6.68. The van der Waals surface area contributed by atoms with Crippen LogP contribution in [0.1, 0.15) is 44.3 Å². The van der Waals surface area contributed by atoms with Crippen molar-refractivity contribution in [1.82, 2.24) is 14.7 Å². The van der Waals surface area contributed by atoms with Gasteiger partial charge < -0.3 is 5.73 Å². The van der Waals surface area contributed by atoms with Crippen LogP contribution in [0.3, 0.4) is 0 Å². The van der Waals surface area contributed by atoms with Crippen molar-refractivity contribution in [3.8, 4) is 0 Å². The van der Waals surface area contributed by atoms with E-state index in [-0.39, 0.29) is 5.54 Å². The molecule has 0 unspecified atom stereocenters. The van der Waals surface area contributed by atoms with Crippen molar-refractivity contribution in [2.75, 3.05) is 13.1 Å². The number of hydrogen-bond donors (Lipinski definition) is 1. The molecule has 17 heavy (non-hydrogen) atoms. The minimum Gasteiger partial charge on any atom is -0.323 e. The molecule has 3 rings (SSSR count). The highest BCUT2D eigenvalue weighted by Crippen LogP contribution is 2.29. The average Bonchev–Trinajstić information content (AvgIpc) is 2.82. The monoisotopic (exact) mass is 234 g/mol. The van der Waals surface area contributed by atoms with E-state index in [9.17, 15) is 0 Å². The van der Waals surface area contributed by atoms with Gasteiger partial charge >= 0.3 is 0 Å². The lowest BCUT2D eigenvalue weighted by molar-refractivity contribution is 0.0748. The summed E-state index contributed by atoms with van der Waals surface area (Å²) in [6.07, 6.45) is 7.46. The van der Waals surface area contributed by atoms with Crippen LogP contribution in [0, 0.1) is 0 Å². The maximum Gasteiger partial charge on any atom is 0.0764 e. The molecule has 94 valence electrons. The topological polar surface area (TPSA) is 47.1 Å². The van der Waals surface area contributed by atoms with E-state index in [0.717, 1.165) is 19.6 Å². The summed E-state index contributed by atoms with van der Waals surface area (Å²) >= 11 is 0. The zero-order valence-electron chi connectivity index (χ0n) is 10.6.